The van der Waals surface area contributed by atoms with E-state index < -0.39 is 23.8 Å². The van der Waals surface area contributed by atoms with Crippen molar-refractivity contribution in [1.29, 1.82) is 0 Å². The van der Waals surface area contributed by atoms with Gasteiger partial charge in [0, 0.05) is 19.3 Å². The van der Waals surface area contributed by atoms with Gasteiger partial charge in [-0.05, 0) is 24.6 Å². The quantitative estimate of drug-likeness (QED) is 0.734. The minimum absolute atomic E-state index is 0.0116. The van der Waals surface area contributed by atoms with Crippen LogP contribution in [0.4, 0.5) is 0 Å². The van der Waals surface area contributed by atoms with Gasteiger partial charge in [0.05, 0.1) is 17.7 Å². The first kappa shape index (κ1) is 16.6. The van der Waals surface area contributed by atoms with Crippen LogP contribution in [-0.2, 0) is 24.1 Å². The van der Waals surface area contributed by atoms with Gasteiger partial charge < -0.3 is 9.68 Å². The monoisotopic (exact) mass is 346 g/mol. The fraction of sp³-hybridized carbons (Fsp3) is 0.312. The van der Waals surface area contributed by atoms with Crippen LogP contribution in [0.5, 0.6) is 0 Å². The fourth-order valence-electron chi connectivity index (χ4n) is 2.44. The molecule has 0 aliphatic carbocycles. The van der Waals surface area contributed by atoms with Crippen molar-refractivity contribution in [1.82, 2.24) is 10.1 Å². The molecule has 0 atom stereocenters. The second-order valence-corrected chi connectivity index (χ2v) is 5.52. The summed E-state index contributed by atoms with van der Waals surface area (Å²) in [6.07, 6.45) is 0.901. The molecule has 2 fully saturated rings. The van der Waals surface area contributed by atoms with E-state index in [0.717, 1.165) is 5.06 Å². The van der Waals surface area contributed by atoms with Crippen LogP contribution >= 0.6 is 0 Å². The lowest BCUT2D eigenvalue weighted by Crippen LogP contribution is -2.32. The lowest BCUT2D eigenvalue weighted by atomic mass is 10.1. The molecule has 2 aliphatic rings. The molecule has 0 bridgehead atoms. The standard InChI is InChI=1S/C16H14N2O7/c19-12-5-2-8-17(12)24-15(22)10-3-1-4-11(9-10)16(23)25-18-13(20)6-7-14(18)21/h1,3-4,9H,2,5-8H2. The minimum Gasteiger partial charge on any atom is -0.333 e. The van der Waals surface area contributed by atoms with Crippen molar-refractivity contribution >= 4 is 29.7 Å². The van der Waals surface area contributed by atoms with Crippen molar-refractivity contribution in [3.8, 4) is 0 Å². The summed E-state index contributed by atoms with van der Waals surface area (Å²) in [7, 11) is 0. The Morgan fingerprint density at radius 3 is 2.00 bits per heavy atom. The molecule has 9 heteroatoms. The molecule has 3 rings (SSSR count). The molecular formula is C16H14N2O7. The van der Waals surface area contributed by atoms with Crippen molar-refractivity contribution < 1.29 is 33.6 Å². The van der Waals surface area contributed by atoms with Crippen LogP contribution in [0.25, 0.3) is 0 Å². The smallest absolute Gasteiger partial charge is 0.333 e. The maximum atomic E-state index is 12.1. The van der Waals surface area contributed by atoms with Crippen LogP contribution in [0.15, 0.2) is 24.3 Å². The first-order valence-corrected chi connectivity index (χ1v) is 7.66. The van der Waals surface area contributed by atoms with Crippen LogP contribution < -0.4 is 0 Å². The summed E-state index contributed by atoms with van der Waals surface area (Å²) in [6.45, 7) is 0.325. The zero-order chi connectivity index (χ0) is 18.0. The predicted molar refractivity (Wildman–Crippen MR) is 79.3 cm³/mol. The van der Waals surface area contributed by atoms with E-state index in [1.165, 1.54) is 24.3 Å². The van der Waals surface area contributed by atoms with Crippen LogP contribution in [0.1, 0.15) is 46.4 Å². The number of hydroxylamine groups is 4. The Bertz CT molecular complexity index is 758. The lowest BCUT2D eigenvalue weighted by Gasteiger charge is -2.15. The van der Waals surface area contributed by atoms with Gasteiger partial charge >= 0.3 is 11.9 Å². The van der Waals surface area contributed by atoms with E-state index in [1.54, 1.807) is 0 Å². The molecule has 0 unspecified atom stereocenters. The minimum atomic E-state index is -0.949. The molecule has 1 aromatic rings. The molecule has 0 radical (unpaired) electrons. The number of carbonyl (C=O) groups is 5. The van der Waals surface area contributed by atoms with E-state index in [1.807, 2.05) is 0 Å². The number of hydrogen-bond acceptors (Lipinski definition) is 7. The third-order valence-electron chi connectivity index (χ3n) is 3.74. The van der Waals surface area contributed by atoms with Gasteiger partial charge in [0.25, 0.3) is 17.7 Å². The lowest BCUT2D eigenvalue weighted by molar-refractivity contribution is -0.172. The molecule has 130 valence electrons. The highest BCUT2D eigenvalue weighted by Crippen LogP contribution is 2.16. The molecule has 9 nitrogen and oxygen atoms in total. The van der Waals surface area contributed by atoms with Crippen LogP contribution in [0, 0.1) is 0 Å². The van der Waals surface area contributed by atoms with E-state index in [-0.39, 0.29) is 29.9 Å². The second-order valence-electron chi connectivity index (χ2n) is 5.52. The molecule has 2 heterocycles. The maximum absolute atomic E-state index is 12.1. The summed E-state index contributed by atoms with van der Waals surface area (Å²) in [5.74, 6) is -3.22. The summed E-state index contributed by atoms with van der Waals surface area (Å²) in [4.78, 5) is 68.3. The molecule has 3 amide bonds. The van der Waals surface area contributed by atoms with Gasteiger partial charge in [-0.25, -0.2) is 9.59 Å². The third-order valence-corrected chi connectivity index (χ3v) is 3.74. The van der Waals surface area contributed by atoms with Crippen molar-refractivity contribution in [2.24, 2.45) is 0 Å². The maximum Gasteiger partial charge on any atom is 0.363 e. The number of carbonyl (C=O) groups excluding carboxylic acids is 5. The van der Waals surface area contributed by atoms with Gasteiger partial charge in [-0.15, -0.1) is 5.06 Å². The number of benzene rings is 1. The Labute approximate surface area is 142 Å². The summed E-state index contributed by atoms with van der Waals surface area (Å²) in [5, 5.41) is 1.41. The molecule has 0 spiro atoms. The van der Waals surface area contributed by atoms with Crippen molar-refractivity contribution in [2.75, 3.05) is 6.54 Å². The number of hydrogen-bond donors (Lipinski definition) is 0. The number of nitrogens with zero attached hydrogens (tertiary/aromatic N) is 2. The third kappa shape index (κ3) is 3.49. The zero-order valence-electron chi connectivity index (χ0n) is 13.1. The molecule has 0 saturated carbocycles. The number of rotatable bonds is 4. The van der Waals surface area contributed by atoms with E-state index in [0.29, 0.717) is 24.4 Å². The Morgan fingerprint density at radius 2 is 1.44 bits per heavy atom. The SMILES string of the molecule is O=C(ON1CCCC1=O)c1cccc(C(=O)ON2C(=O)CCC2=O)c1. The van der Waals surface area contributed by atoms with E-state index in [2.05, 4.69) is 0 Å². The Balaban J connectivity index is 1.69. The summed E-state index contributed by atoms with van der Waals surface area (Å²) >= 11 is 0. The number of imide groups is 1. The van der Waals surface area contributed by atoms with E-state index in [4.69, 9.17) is 9.68 Å². The van der Waals surface area contributed by atoms with Gasteiger partial charge in [-0.2, -0.15) is 5.06 Å². The Kier molecular flexibility index (Phi) is 4.46. The topological polar surface area (TPSA) is 110 Å². The Hall–Kier alpha value is -3.23. The van der Waals surface area contributed by atoms with E-state index in [9.17, 15) is 24.0 Å². The van der Waals surface area contributed by atoms with Gasteiger partial charge in [-0.1, -0.05) is 6.07 Å². The van der Waals surface area contributed by atoms with E-state index >= 15 is 0 Å². The molecule has 2 aliphatic heterocycles. The molecule has 0 aromatic heterocycles. The van der Waals surface area contributed by atoms with Crippen LogP contribution in [0.2, 0.25) is 0 Å². The summed E-state index contributed by atoms with van der Waals surface area (Å²) in [5.41, 5.74) is 0.00271. The zero-order valence-corrected chi connectivity index (χ0v) is 13.1. The molecule has 25 heavy (non-hydrogen) atoms. The first-order valence-electron chi connectivity index (χ1n) is 7.66. The molecule has 1 aromatic carbocycles. The van der Waals surface area contributed by atoms with Gasteiger partial charge in [0.2, 0.25) is 0 Å². The average molecular weight is 346 g/mol. The largest absolute Gasteiger partial charge is 0.363 e. The summed E-state index contributed by atoms with van der Waals surface area (Å²) in [6, 6.07) is 5.40. The van der Waals surface area contributed by atoms with Crippen molar-refractivity contribution in [2.45, 2.75) is 25.7 Å². The fourth-order valence-corrected chi connectivity index (χ4v) is 2.44. The highest BCUT2D eigenvalue weighted by Gasteiger charge is 2.33. The second kappa shape index (κ2) is 6.71. The predicted octanol–water partition coefficient (Wildman–Crippen LogP) is 0.602. The van der Waals surface area contributed by atoms with Crippen molar-refractivity contribution in [3.63, 3.8) is 0 Å². The normalized spacial score (nSPS) is 17.2. The van der Waals surface area contributed by atoms with Crippen LogP contribution in [0.3, 0.4) is 0 Å². The molecule has 2 saturated heterocycles. The van der Waals surface area contributed by atoms with Crippen LogP contribution in [-0.4, -0.2) is 46.3 Å². The molecular weight excluding hydrogens is 332 g/mol. The van der Waals surface area contributed by atoms with Gasteiger partial charge in [0.1, 0.15) is 0 Å². The van der Waals surface area contributed by atoms with Gasteiger partial charge in [0.15, 0.2) is 0 Å². The average Bonchev–Trinajstić information content (AvgIpc) is 3.15. The van der Waals surface area contributed by atoms with Gasteiger partial charge in [-0.3, -0.25) is 14.4 Å². The molecule has 0 N–H and O–H groups in total. The Morgan fingerprint density at radius 1 is 0.840 bits per heavy atom. The van der Waals surface area contributed by atoms with Crippen molar-refractivity contribution in [3.05, 3.63) is 35.4 Å². The first-order chi connectivity index (χ1) is 12.0. The number of amides is 3. The highest BCUT2D eigenvalue weighted by molar-refractivity contribution is 6.03. The summed E-state index contributed by atoms with van der Waals surface area (Å²) < 4.78 is 0. The highest BCUT2D eigenvalue weighted by atomic mass is 16.7.